The fourth-order valence-electron chi connectivity index (χ4n) is 3.82. The quantitative estimate of drug-likeness (QED) is 0.424. The molecule has 0 amide bonds. The lowest BCUT2D eigenvalue weighted by Crippen LogP contribution is -2.37. The second-order valence-corrected chi connectivity index (χ2v) is 7.86. The van der Waals surface area contributed by atoms with Crippen molar-refractivity contribution in [2.45, 2.75) is 6.92 Å². The Morgan fingerprint density at radius 3 is 2.79 bits per heavy atom. The lowest BCUT2D eigenvalue weighted by Gasteiger charge is -2.26. The zero-order valence-electron chi connectivity index (χ0n) is 18.4. The van der Waals surface area contributed by atoms with Crippen LogP contribution < -0.4 is 15.0 Å². The lowest BCUT2D eigenvalue weighted by molar-refractivity contribution is 0.122. The van der Waals surface area contributed by atoms with Crippen LogP contribution in [0.25, 0.3) is 16.7 Å². The molecule has 0 atom stereocenters. The maximum absolute atomic E-state index is 6.07. The fourth-order valence-corrected chi connectivity index (χ4v) is 3.82. The predicted octanol–water partition coefficient (Wildman–Crippen LogP) is 3.14. The third kappa shape index (κ3) is 3.92. The average molecular weight is 455 g/mol. The second-order valence-electron chi connectivity index (χ2n) is 7.86. The molecule has 0 unspecified atom stereocenters. The van der Waals surface area contributed by atoms with E-state index in [2.05, 4.69) is 35.3 Å². The van der Waals surface area contributed by atoms with Gasteiger partial charge in [0.15, 0.2) is 11.5 Å². The van der Waals surface area contributed by atoms with Gasteiger partial charge in [-0.2, -0.15) is 5.10 Å². The third-order valence-electron chi connectivity index (χ3n) is 5.58. The molecule has 1 aliphatic rings. The highest BCUT2D eigenvalue weighted by molar-refractivity contribution is 5.87. The Labute approximate surface area is 194 Å². The van der Waals surface area contributed by atoms with Gasteiger partial charge in [-0.3, -0.25) is 0 Å². The van der Waals surface area contributed by atoms with Gasteiger partial charge in [-0.25, -0.2) is 29.4 Å². The highest BCUT2D eigenvalue weighted by Crippen LogP contribution is 2.30. The Hall–Kier alpha value is -4.38. The van der Waals surface area contributed by atoms with Gasteiger partial charge in [0.2, 0.25) is 5.95 Å². The van der Waals surface area contributed by atoms with Gasteiger partial charge in [0.05, 0.1) is 19.4 Å². The Bertz CT molecular complexity index is 1480. The number of aromatic nitrogens is 7. The van der Waals surface area contributed by atoms with Crippen LogP contribution in [0.4, 0.5) is 17.5 Å². The number of benzene rings is 1. The van der Waals surface area contributed by atoms with Crippen molar-refractivity contribution in [3.63, 3.8) is 0 Å². The first-order chi connectivity index (χ1) is 16.7. The minimum atomic E-state index is 0.618. The number of hydrogen-bond acceptors (Lipinski definition) is 10. The van der Waals surface area contributed by atoms with E-state index in [1.807, 2.05) is 43.5 Å². The van der Waals surface area contributed by atoms with Gasteiger partial charge < -0.3 is 19.7 Å². The Morgan fingerprint density at radius 2 is 1.91 bits per heavy atom. The molecular weight excluding hydrogens is 434 g/mol. The van der Waals surface area contributed by atoms with E-state index >= 15 is 0 Å². The largest absolute Gasteiger partial charge is 0.457 e. The summed E-state index contributed by atoms with van der Waals surface area (Å²) in [7, 11) is 0. The van der Waals surface area contributed by atoms with Crippen LogP contribution in [0.3, 0.4) is 0 Å². The van der Waals surface area contributed by atoms with Crippen LogP contribution >= 0.6 is 0 Å². The van der Waals surface area contributed by atoms with E-state index in [0.29, 0.717) is 41.8 Å². The molecule has 1 aromatic carbocycles. The SMILES string of the molecule is Cc1cc(Nc2ncnc3cnc(N4CCOCC4)nc23)ccc1Oc1ccn2ncnc2c1. The molecular formula is C23H21N9O2. The first-order valence-electron chi connectivity index (χ1n) is 10.9. The summed E-state index contributed by atoms with van der Waals surface area (Å²) in [5.41, 5.74) is 3.90. The van der Waals surface area contributed by atoms with Crippen molar-refractivity contribution in [2.75, 3.05) is 36.5 Å². The van der Waals surface area contributed by atoms with Crippen molar-refractivity contribution >= 4 is 34.1 Å². The predicted molar refractivity (Wildman–Crippen MR) is 126 cm³/mol. The topological polar surface area (TPSA) is 115 Å². The van der Waals surface area contributed by atoms with E-state index in [0.717, 1.165) is 35.7 Å². The molecule has 5 aromatic rings. The summed E-state index contributed by atoms with van der Waals surface area (Å²) in [5, 5.41) is 7.47. The molecule has 0 radical (unpaired) electrons. The third-order valence-corrected chi connectivity index (χ3v) is 5.58. The van der Waals surface area contributed by atoms with Crippen LogP contribution in [-0.4, -0.2) is 60.8 Å². The van der Waals surface area contributed by atoms with E-state index in [-0.39, 0.29) is 0 Å². The normalized spacial score (nSPS) is 14.0. The molecule has 1 saturated heterocycles. The first-order valence-corrected chi connectivity index (χ1v) is 10.9. The number of rotatable bonds is 5. The van der Waals surface area contributed by atoms with Crippen LogP contribution in [0.15, 0.2) is 55.4 Å². The minimum Gasteiger partial charge on any atom is -0.457 e. The molecule has 11 heteroatoms. The van der Waals surface area contributed by atoms with Crippen LogP contribution in [-0.2, 0) is 4.74 Å². The van der Waals surface area contributed by atoms with Gasteiger partial charge in [-0.15, -0.1) is 0 Å². The summed E-state index contributed by atoms with van der Waals surface area (Å²) in [6.45, 7) is 4.84. The van der Waals surface area contributed by atoms with Gasteiger partial charge in [-0.1, -0.05) is 0 Å². The monoisotopic (exact) mass is 455 g/mol. The number of anilines is 3. The van der Waals surface area contributed by atoms with Crippen LogP contribution in [0, 0.1) is 6.92 Å². The molecule has 1 N–H and O–H groups in total. The molecule has 34 heavy (non-hydrogen) atoms. The standard InChI is InChI=1S/C23H21N9O2/c1-15-10-16(2-3-19(15)34-17-4-5-32-20(11-17)26-14-28-32)29-22-21-18(25-13-27-22)12-24-23(30-21)31-6-8-33-9-7-31/h2-5,10-14H,6-9H2,1H3,(H,25,27,29). The smallest absolute Gasteiger partial charge is 0.226 e. The number of pyridine rings is 1. The summed E-state index contributed by atoms with van der Waals surface area (Å²) >= 11 is 0. The number of morpholine rings is 1. The molecule has 1 aliphatic heterocycles. The number of nitrogens with one attached hydrogen (secondary N) is 1. The van der Waals surface area contributed by atoms with Crippen molar-refractivity contribution in [1.82, 2.24) is 34.5 Å². The number of hydrogen-bond donors (Lipinski definition) is 1. The molecule has 0 saturated carbocycles. The summed E-state index contributed by atoms with van der Waals surface area (Å²) in [4.78, 5) is 24.3. The molecule has 11 nitrogen and oxygen atoms in total. The highest BCUT2D eigenvalue weighted by atomic mass is 16.5. The minimum absolute atomic E-state index is 0.618. The maximum Gasteiger partial charge on any atom is 0.226 e. The van der Waals surface area contributed by atoms with Crippen molar-refractivity contribution < 1.29 is 9.47 Å². The van der Waals surface area contributed by atoms with E-state index in [9.17, 15) is 0 Å². The Morgan fingerprint density at radius 1 is 1.00 bits per heavy atom. The summed E-state index contributed by atoms with van der Waals surface area (Å²) < 4.78 is 13.2. The number of fused-ring (bicyclic) bond motifs is 2. The first kappa shape index (κ1) is 20.2. The van der Waals surface area contributed by atoms with Crippen molar-refractivity contribution in [1.29, 1.82) is 0 Å². The zero-order valence-corrected chi connectivity index (χ0v) is 18.4. The second kappa shape index (κ2) is 8.52. The summed E-state index contributed by atoms with van der Waals surface area (Å²) in [6.07, 6.45) is 6.56. The van der Waals surface area contributed by atoms with E-state index < -0.39 is 0 Å². The van der Waals surface area contributed by atoms with E-state index in [1.165, 1.54) is 12.7 Å². The number of nitrogens with zero attached hydrogens (tertiary/aromatic N) is 8. The van der Waals surface area contributed by atoms with Crippen LogP contribution in [0.2, 0.25) is 0 Å². The van der Waals surface area contributed by atoms with E-state index in [4.69, 9.17) is 14.5 Å². The van der Waals surface area contributed by atoms with Crippen molar-refractivity contribution in [2.24, 2.45) is 0 Å². The molecule has 0 aliphatic carbocycles. The fraction of sp³-hybridized carbons (Fsp3) is 0.217. The van der Waals surface area contributed by atoms with Crippen molar-refractivity contribution in [3.05, 3.63) is 60.9 Å². The molecule has 0 spiro atoms. The molecule has 4 aromatic heterocycles. The lowest BCUT2D eigenvalue weighted by atomic mass is 10.2. The summed E-state index contributed by atoms with van der Waals surface area (Å²) in [5.74, 6) is 2.71. The Balaban J connectivity index is 1.25. The van der Waals surface area contributed by atoms with Gasteiger partial charge in [0.1, 0.15) is 35.2 Å². The molecule has 1 fully saturated rings. The highest BCUT2D eigenvalue weighted by Gasteiger charge is 2.16. The summed E-state index contributed by atoms with van der Waals surface area (Å²) in [6, 6.07) is 9.56. The van der Waals surface area contributed by atoms with Gasteiger partial charge in [-0.05, 0) is 36.8 Å². The molecule has 0 bridgehead atoms. The van der Waals surface area contributed by atoms with Gasteiger partial charge in [0, 0.05) is 31.0 Å². The zero-order chi connectivity index (χ0) is 22.9. The number of aryl methyl sites for hydroxylation is 1. The average Bonchev–Trinajstić information content (AvgIpc) is 3.34. The van der Waals surface area contributed by atoms with Crippen LogP contribution in [0.5, 0.6) is 11.5 Å². The number of ether oxygens (including phenoxy) is 2. The maximum atomic E-state index is 6.07. The molecule has 170 valence electrons. The van der Waals surface area contributed by atoms with Crippen LogP contribution in [0.1, 0.15) is 5.56 Å². The van der Waals surface area contributed by atoms with Gasteiger partial charge in [0.25, 0.3) is 0 Å². The van der Waals surface area contributed by atoms with E-state index in [1.54, 1.807) is 10.7 Å². The Kier molecular flexibility index (Phi) is 5.07. The van der Waals surface area contributed by atoms with Gasteiger partial charge >= 0.3 is 0 Å². The molecule has 6 rings (SSSR count). The van der Waals surface area contributed by atoms with Crippen molar-refractivity contribution in [3.8, 4) is 11.5 Å². The molecule has 5 heterocycles.